The standard InChI is InChI=1S/C55H89F17N2O14/c1-3-5-7-8-9-12-15-21-41(20-6-4-2)22-16-13-10-11-14-18-27-86-38-42(39-87-28-24-48(56,57)49(58,59)50(60,61)51(62,63)52(64,65)53(66,67)54(68,69)55(70,71)72)88-40-44(75)73-25-29-83-31-33-85-35-34-84-32-30-82-26-19-17-23-43(47(80)81)74(36-45(76)77)37-46(78)79/h41-43H,3-40H2,1-2H3,(H,73,75)(H,76,77)(H,78,79)(H,80,81). The summed E-state index contributed by atoms with van der Waals surface area (Å²) in [4.78, 5) is 47.0. The van der Waals surface area contributed by atoms with Crippen LogP contribution < -0.4 is 5.32 Å². The van der Waals surface area contributed by atoms with Gasteiger partial charge in [-0.1, -0.05) is 123 Å². The number of aliphatic carboxylic acids is 3. The second-order valence-electron chi connectivity index (χ2n) is 21.2. The topological polar surface area (TPSA) is 209 Å². The predicted octanol–water partition coefficient (Wildman–Crippen LogP) is 12.8. The Morgan fingerprint density at radius 1 is 0.420 bits per heavy atom. The molecule has 0 saturated heterocycles. The van der Waals surface area contributed by atoms with Crippen molar-refractivity contribution in [3.05, 3.63) is 0 Å². The van der Waals surface area contributed by atoms with Gasteiger partial charge in [0.15, 0.2) is 0 Å². The molecular formula is C55H89F17N2O14. The van der Waals surface area contributed by atoms with Gasteiger partial charge in [0.1, 0.15) is 18.8 Å². The number of nitrogens with zero attached hydrogens (tertiary/aromatic N) is 1. The Labute approximate surface area is 501 Å². The highest BCUT2D eigenvalue weighted by atomic mass is 19.4. The molecule has 0 aliphatic heterocycles. The van der Waals surface area contributed by atoms with Gasteiger partial charge in [0.2, 0.25) is 5.91 Å². The lowest BCUT2D eigenvalue weighted by Crippen LogP contribution is -2.74. The number of carboxylic acid groups (broad SMARTS) is 3. The molecule has 33 heteroatoms. The molecule has 0 aromatic carbocycles. The molecule has 0 aromatic rings. The summed E-state index contributed by atoms with van der Waals surface area (Å²) in [6.07, 6.45) is 8.18. The maximum absolute atomic E-state index is 14.6. The number of ether oxygens (including phenoxy) is 7. The van der Waals surface area contributed by atoms with Gasteiger partial charge in [-0.3, -0.25) is 24.1 Å². The number of hydrogen-bond donors (Lipinski definition) is 4. The largest absolute Gasteiger partial charge is 0.480 e. The van der Waals surface area contributed by atoms with E-state index in [0.29, 0.717) is 31.6 Å². The van der Waals surface area contributed by atoms with Crippen LogP contribution in [0.25, 0.3) is 0 Å². The molecule has 0 heterocycles. The van der Waals surface area contributed by atoms with Crippen LogP contribution >= 0.6 is 0 Å². The Bertz CT molecular complexity index is 1880. The maximum Gasteiger partial charge on any atom is 0.460 e. The summed E-state index contributed by atoms with van der Waals surface area (Å²) in [5.41, 5.74) is 0. The molecule has 0 aliphatic rings. The first kappa shape index (κ1) is 84.4. The van der Waals surface area contributed by atoms with Gasteiger partial charge in [-0.15, -0.1) is 0 Å². The summed E-state index contributed by atoms with van der Waals surface area (Å²) in [7, 11) is 0. The maximum atomic E-state index is 14.6. The second-order valence-corrected chi connectivity index (χ2v) is 21.2. The fourth-order valence-electron chi connectivity index (χ4n) is 8.68. The first-order valence-electron chi connectivity index (χ1n) is 29.5. The van der Waals surface area contributed by atoms with Crippen molar-refractivity contribution in [1.82, 2.24) is 10.2 Å². The van der Waals surface area contributed by atoms with Crippen molar-refractivity contribution < 1.29 is 142 Å². The molecule has 0 aliphatic carbocycles. The van der Waals surface area contributed by atoms with Crippen molar-refractivity contribution in [3.8, 4) is 0 Å². The number of carboxylic acids is 3. The highest BCUT2D eigenvalue weighted by Gasteiger charge is 2.95. The molecule has 16 nitrogen and oxygen atoms in total. The van der Waals surface area contributed by atoms with Crippen LogP contribution in [0.1, 0.15) is 155 Å². The fraction of sp³-hybridized carbons (Fsp3) is 0.927. The number of hydrogen-bond acceptors (Lipinski definition) is 12. The van der Waals surface area contributed by atoms with Crippen LogP contribution in [-0.2, 0) is 52.3 Å². The number of amides is 1. The molecule has 522 valence electrons. The lowest BCUT2D eigenvalue weighted by atomic mass is 9.88. The van der Waals surface area contributed by atoms with Crippen molar-refractivity contribution in [2.24, 2.45) is 5.92 Å². The number of carbonyl (C=O) groups is 4. The molecule has 4 N–H and O–H groups in total. The fourth-order valence-corrected chi connectivity index (χ4v) is 8.68. The summed E-state index contributed by atoms with van der Waals surface area (Å²) in [6.45, 7) is -0.466. The van der Waals surface area contributed by atoms with Gasteiger partial charge in [0.05, 0.1) is 79.2 Å². The predicted molar refractivity (Wildman–Crippen MR) is 283 cm³/mol. The smallest absolute Gasteiger partial charge is 0.460 e. The number of unbranched alkanes of at least 4 members (excludes halogenated alkanes) is 13. The molecule has 0 rings (SSSR count). The zero-order valence-electron chi connectivity index (χ0n) is 49.8. The van der Waals surface area contributed by atoms with Crippen LogP contribution in [0, 0.1) is 5.92 Å². The van der Waals surface area contributed by atoms with Crippen molar-refractivity contribution in [2.75, 3.05) is 106 Å². The zero-order chi connectivity index (χ0) is 67.1. The molecule has 1 amide bonds. The number of halogens is 17. The van der Waals surface area contributed by atoms with E-state index in [-0.39, 0.29) is 72.4 Å². The first-order valence-corrected chi connectivity index (χ1v) is 29.5. The monoisotopic (exact) mass is 1320 g/mol. The third-order valence-electron chi connectivity index (χ3n) is 13.8. The first-order chi connectivity index (χ1) is 41.0. The molecular weight excluding hydrogens is 1240 g/mol. The number of alkyl halides is 17. The number of carbonyl (C=O) groups excluding carboxylic acids is 1. The number of rotatable bonds is 59. The Kier molecular flexibility index (Phi) is 41.5. The number of nitrogens with one attached hydrogen (secondary N) is 1. The van der Waals surface area contributed by atoms with E-state index in [2.05, 4.69) is 19.2 Å². The average molecular weight is 1330 g/mol. The van der Waals surface area contributed by atoms with E-state index in [0.717, 1.165) is 43.4 Å². The van der Waals surface area contributed by atoms with Crippen LogP contribution in [0.3, 0.4) is 0 Å². The normalized spacial score (nSPS) is 14.4. The van der Waals surface area contributed by atoms with Crippen LogP contribution in [0.2, 0.25) is 0 Å². The van der Waals surface area contributed by atoms with E-state index in [4.69, 9.17) is 43.4 Å². The van der Waals surface area contributed by atoms with Crippen LogP contribution in [0.4, 0.5) is 74.6 Å². The molecule has 0 aromatic heterocycles. The minimum Gasteiger partial charge on any atom is -0.480 e. The van der Waals surface area contributed by atoms with E-state index in [9.17, 15) is 98.9 Å². The molecule has 0 saturated carbocycles. The van der Waals surface area contributed by atoms with Crippen molar-refractivity contribution in [3.63, 3.8) is 0 Å². The summed E-state index contributed by atoms with van der Waals surface area (Å²) in [5, 5.41) is 29.8. The van der Waals surface area contributed by atoms with Crippen LogP contribution in [0.15, 0.2) is 0 Å². The molecule has 0 radical (unpaired) electrons. The zero-order valence-corrected chi connectivity index (χ0v) is 49.8. The Morgan fingerprint density at radius 2 is 0.795 bits per heavy atom. The van der Waals surface area contributed by atoms with E-state index in [1.165, 1.54) is 64.2 Å². The van der Waals surface area contributed by atoms with Crippen LogP contribution in [-0.4, -0.2) is 209 Å². The average Bonchev–Trinajstić information content (AvgIpc) is 2.19. The molecule has 0 spiro atoms. The second kappa shape index (κ2) is 43.2. The lowest BCUT2D eigenvalue weighted by Gasteiger charge is -2.42. The minimum atomic E-state index is -8.74. The third-order valence-corrected chi connectivity index (χ3v) is 13.8. The van der Waals surface area contributed by atoms with E-state index in [1.807, 2.05) is 0 Å². The molecule has 3 atom stereocenters. The Balaban J connectivity index is 5.19. The summed E-state index contributed by atoms with van der Waals surface area (Å²) >= 11 is 0. The molecule has 3 unspecified atom stereocenters. The van der Waals surface area contributed by atoms with E-state index < -0.39 is 130 Å². The molecule has 88 heavy (non-hydrogen) atoms. The van der Waals surface area contributed by atoms with Gasteiger partial charge >= 0.3 is 65.5 Å². The summed E-state index contributed by atoms with van der Waals surface area (Å²) in [5.74, 6) is -61.5. The Hall–Kier alpha value is -3.63. The van der Waals surface area contributed by atoms with Gasteiger partial charge in [-0.2, -0.15) is 74.6 Å². The minimum absolute atomic E-state index is 0.0132. The van der Waals surface area contributed by atoms with Crippen molar-refractivity contribution in [2.45, 2.75) is 215 Å². The summed E-state index contributed by atoms with van der Waals surface area (Å²) < 4.78 is 271. The van der Waals surface area contributed by atoms with Crippen LogP contribution in [0.5, 0.6) is 0 Å². The Morgan fingerprint density at radius 3 is 1.26 bits per heavy atom. The molecule has 0 bridgehead atoms. The third kappa shape index (κ3) is 30.2. The van der Waals surface area contributed by atoms with Gasteiger partial charge < -0.3 is 53.8 Å². The van der Waals surface area contributed by atoms with E-state index in [1.54, 1.807) is 0 Å². The molecule has 0 fully saturated rings. The van der Waals surface area contributed by atoms with Crippen molar-refractivity contribution >= 4 is 23.8 Å². The van der Waals surface area contributed by atoms with Gasteiger partial charge in [-0.05, 0) is 31.6 Å². The lowest BCUT2D eigenvalue weighted by molar-refractivity contribution is -0.462. The van der Waals surface area contributed by atoms with Gasteiger partial charge in [-0.25, -0.2) is 0 Å². The SMILES string of the molecule is CCCCCCCCCC(CCCC)CCCCCCCCOCC(COCCC(F)(F)C(F)(F)C(F)(F)C(F)(F)C(F)(F)C(F)(F)C(F)(F)C(F)(F)F)OCC(=O)NCCOCCOCCOCCOCCCCC(C(=O)O)N(CC(=O)O)CC(=O)O. The summed E-state index contributed by atoms with van der Waals surface area (Å²) in [6, 6.07) is -1.32. The van der Waals surface area contributed by atoms with E-state index >= 15 is 0 Å². The van der Waals surface area contributed by atoms with Gasteiger partial charge in [0.25, 0.3) is 0 Å². The van der Waals surface area contributed by atoms with Crippen molar-refractivity contribution in [1.29, 1.82) is 0 Å². The van der Waals surface area contributed by atoms with Gasteiger partial charge in [0, 0.05) is 26.2 Å². The quantitative estimate of drug-likeness (QED) is 0.0330. The highest BCUT2D eigenvalue weighted by Crippen LogP contribution is 2.64. The highest BCUT2D eigenvalue weighted by molar-refractivity contribution is 5.78.